The largest absolute Gasteiger partial charge is 0.192 e. The van der Waals surface area contributed by atoms with Crippen molar-refractivity contribution in [1.82, 2.24) is 0 Å². The molecule has 0 saturated heterocycles. The van der Waals surface area contributed by atoms with Crippen molar-refractivity contribution in [3.05, 3.63) is 56.7 Å². The fraction of sp³-hybridized carbons (Fsp3) is 0.286. The van der Waals surface area contributed by atoms with E-state index in [1.807, 2.05) is 38.1 Å². The molecular weight excluding hydrogens is 420 g/mol. The molecule has 0 unspecified atom stereocenters. The lowest BCUT2D eigenvalue weighted by Crippen LogP contribution is -1.95. The molecule has 2 aliphatic rings. The van der Waals surface area contributed by atoms with Crippen molar-refractivity contribution in [2.45, 2.75) is 52.4 Å². The molecule has 3 rings (SSSR count). The molecule has 162 valence electrons. The van der Waals surface area contributed by atoms with Crippen LogP contribution in [-0.4, -0.2) is 0 Å². The number of nitriles is 6. The van der Waals surface area contributed by atoms with E-state index in [0.717, 1.165) is 25.7 Å². The molecule has 0 radical (unpaired) electrons. The molecule has 6 heteroatoms. The Balaban J connectivity index is 2.46. The number of hydrogen-bond donors (Lipinski definition) is 0. The molecule has 0 fully saturated rings. The van der Waals surface area contributed by atoms with Crippen LogP contribution in [0.4, 0.5) is 0 Å². The minimum atomic E-state index is -0.0743. The standard InChI is InChI=1S/C28H20N6/c1-3-5-7-19-25(15-33)21-9-24-22(10-23(21)27(19)17(11-29)12-30)26(16-34)20(8-6-4-2)28(24)18(13-31)14-32/h9-10H,3-8H2,1-2H3. The normalized spacial score (nSPS) is 13.2. The van der Waals surface area contributed by atoms with Gasteiger partial charge in [-0.15, -0.1) is 0 Å². The summed E-state index contributed by atoms with van der Waals surface area (Å²) in [6.07, 6.45) is 4.38. The monoisotopic (exact) mass is 440 g/mol. The van der Waals surface area contributed by atoms with Gasteiger partial charge in [0.25, 0.3) is 0 Å². The average Bonchev–Trinajstić information content (AvgIpc) is 3.33. The summed E-state index contributed by atoms with van der Waals surface area (Å²) in [5, 5.41) is 58.7. The van der Waals surface area contributed by atoms with Crippen molar-refractivity contribution < 1.29 is 0 Å². The molecule has 34 heavy (non-hydrogen) atoms. The van der Waals surface area contributed by atoms with Crippen LogP contribution in [0.3, 0.4) is 0 Å². The molecule has 1 aromatic rings. The molecule has 1 aromatic carbocycles. The van der Waals surface area contributed by atoms with E-state index < -0.39 is 0 Å². The van der Waals surface area contributed by atoms with Crippen molar-refractivity contribution in [3.63, 3.8) is 0 Å². The van der Waals surface area contributed by atoms with Crippen LogP contribution in [0.2, 0.25) is 0 Å². The smallest absolute Gasteiger partial charge is 0.137 e. The maximum atomic E-state index is 10.0. The Hall–Kier alpha value is -4.88. The Morgan fingerprint density at radius 3 is 1.21 bits per heavy atom. The van der Waals surface area contributed by atoms with Crippen LogP contribution in [0.1, 0.15) is 74.6 Å². The zero-order valence-corrected chi connectivity index (χ0v) is 19.1. The minimum absolute atomic E-state index is 0.0743. The number of rotatable bonds is 6. The van der Waals surface area contributed by atoms with Crippen molar-refractivity contribution in [1.29, 1.82) is 31.6 Å². The van der Waals surface area contributed by atoms with Crippen LogP contribution in [0.5, 0.6) is 0 Å². The van der Waals surface area contributed by atoms with Crippen LogP contribution in [0.15, 0.2) is 34.4 Å². The number of fused-ring (bicyclic) bond motifs is 2. The lowest BCUT2D eigenvalue weighted by atomic mass is 9.90. The van der Waals surface area contributed by atoms with E-state index in [0.29, 0.717) is 68.5 Å². The molecule has 0 saturated carbocycles. The molecular formula is C28H20N6. The number of unbranched alkanes of at least 4 members (excludes halogenated alkanes) is 2. The van der Waals surface area contributed by atoms with Crippen LogP contribution in [0, 0.1) is 68.0 Å². The van der Waals surface area contributed by atoms with Crippen LogP contribution in [0.25, 0.3) is 22.3 Å². The second-order valence-corrected chi connectivity index (χ2v) is 8.03. The van der Waals surface area contributed by atoms with E-state index in [1.165, 1.54) is 0 Å². The number of allylic oxidation sites excluding steroid dienone is 8. The van der Waals surface area contributed by atoms with Gasteiger partial charge in [0.05, 0.1) is 11.1 Å². The third kappa shape index (κ3) is 3.66. The van der Waals surface area contributed by atoms with Gasteiger partial charge >= 0.3 is 0 Å². The first kappa shape index (κ1) is 23.8. The van der Waals surface area contributed by atoms with Crippen molar-refractivity contribution >= 4 is 22.3 Å². The maximum Gasteiger partial charge on any atom is 0.137 e. The van der Waals surface area contributed by atoms with Crippen LogP contribution < -0.4 is 0 Å². The van der Waals surface area contributed by atoms with Gasteiger partial charge in [-0.2, -0.15) is 31.6 Å². The predicted octanol–water partition coefficient (Wildman–Crippen LogP) is 6.25. The van der Waals surface area contributed by atoms with Gasteiger partial charge in [0, 0.05) is 22.3 Å². The van der Waals surface area contributed by atoms with E-state index in [2.05, 4.69) is 12.1 Å². The first-order chi connectivity index (χ1) is 16.6. The molecule has 0 aliphatic heterocycles. The zero-order chi connectivity index (χ0) is 24.8. The minimum Gasteiger partial charge on any atom is -0.192 e. The fourth-order valence-electron chi connectivity index (χ4n) is 4.63. The van der Waals surface area contributed by atoms with Gasteiger partial charge in [0.15, 0.2) is 0 Å². The van der Waals surface area contributed by atoms with Gasteiger partial charge in [0.1, 0.15) is 47.6 Å². The number of benzene rings is 1. The van der Waals surface area contributed by atoms with E-state index in [-0.39, 0.29) is 11.1 Å². The Morgan fingerprint density at radius 2 is 0.941 bits per heavy atom. The summed E-state index contributed by atoms with van der Waals surface area (Å²) >= 11 is 0. The molecule has 0 heterocycles. The summed E-state index contributed by atoms with van der Waals surface area (Å²) in [4.78, 5) is 0. The summed E-state index contributed by atoms with van der Waals surface area (Å²) in [5.41, 5.74) is 5.08. The molecule has 2 aliphatic carbocycles. The van der Waals surface area contributed by atoms with Gasteiger partial charge in [0.2, 0.25) is 0 Å². The predicted molar refractivity (Wildman–Crippen MR) is 127 cm³/mol. The Kier molecular flexibility index (Phi) is 7.10. The third-order valence-corrected chi connectivity index (χ3v) is 6.17. The van der Waals surface area contributed by atoms with Gasteiger partial charge in [-0.05, 0) is 60.1 Å². The van der Waals surface area contributed by atoms with Crippen molar-refractivity contribution in [2.24, 2.45) is 0 Å². The molecule has 0 atom stereocenters. The summed E-state index contributed by atoms with van der Waals surface area (Å²) in [5.74, 6) is 0. The Morgan fingerprint density at radius 1 is 0.588 bits per heavy atom. The quantitative estimate of drug-likeness (QED) is 0.478. The molecule has 6 nitrogen and oxygen atoms in total. The fourth-order valence-corrected chi connectivity index (χ4v) is 4.63. The average molecular weight is 441 g/mol. The third-order valence-electron chi connectivity index (χ3n) is 6.17. The van der Waals surface area contributed by atoms with E-state index in [1.54, 1.807) is 12.1 Å². The zero-order valence-electron chi connectivity index (χ0n) is 19.1. The second kappa shape index (κ2) is 10.2. The Labute approximate surface area is 199 Å². The van der Waals surface area contributed by atoms with Crippen molar-refractivity contribution in [2.75, 3.05) is 0 Å². The maximum absolute atomic E-state index is 10.0. The summed E-state index contributed by atoms with van der Waals surface area (Å²) in [7, 11) is 0. The summed E-state index contributed by atoms with van der Waals surface area (Å²) < 4.78 is 0. The van der Waals surface area contributed by atoms with Crippen LogP contribution in [-0.2, 0) is 0 Å². The topological polar surface area (TPSA) is 143 Å². The summed E-state index contributed by atoms with van der Waals surface area (Å²) in [6.45, 7) is 4.04. The Bertz CT molecular complexity index is 1320. The molecule has 0 aromatic heterocycles. The SMILES string of the molecule is CCCCC1=C(C#N)c2cc3c(cc2C1=C(C#N)C#N)C(C#N)=C(CCCC)C3=C(C#N)C#N. The first-order valence-corrected chi connectivity index (χ1v) is 11.1. The molecule has 0 N–H and O–H groups in total. The van der Waals surface area contributed by atoms with Crippen LogP contribution >= 0.6 is 0 Å². The highest BCUT2D eigenvalue weighted by Gasteiger charge is 2.35. The number of hydrogen-bond acceptors (Lipinski definition) is 6. The highest BCUT2D eigenvalue weighted by atomic mass is 14.4. The van der Waals surface area contributed by atoms with Gasteiger partial charge in [-0.1, -0.05) is 26.7 Å². The van der Waals surface area contributed by atoms with E-state index in [4.69, 9.17) is 0 Å². The van der Waals surface area contributed by atoms with E-state index in [9.17, 15) is 31.6 Å². The highest BCUT2D eigenvalue weighted by Crippen LogP contribution is 2.51. The highest BCUT2D eigenvalue weighted by molar-refractivity contribution is 6.12. The summed E-state index contributed by atoms with van der Waals surface area (Å²) in [6, 6.07) is 15.8. The number of nitrogens with zero attached hydrogens (tertiary/aromatic N) is 6. The van der Waals surface area contributed by atoms with E-state index >= 15 is 0 Å². The van der Waals surface area contributed by atoms with Gasteiger partial charge in [-0.3, -0.25) is 0 Å². The van der Waals surface area contributed by atoms with Gasteiger partial charge < -0.3 is 0 Å². The lowest BCUT2D eigenvalue weighted by Gasteiger charge is -2.10. The molecule has 0 bridgehead atoms. The molecule has 0 amide bonds. The molecule has 0 spiro atoms. The first-order valence-electron chi connectivity index (χ1n) is 11.1. The second-order valence-electron chi connectivity index (χ2n) is 8.03. The van der Waals surface area contributed by atoms with Gasteiger partial charge in [-0.25, -0.2) is 0 Å². The van der Waals surface area contributed by atoms with Crippen molar-refractivity contribution in [3.8, 4) is 36.4 Å². The lowest BCUT2D eigenvalue weighted by molar-refractivity contribution is 0.802.